The molecule has 0 aliphatic heterocycles. The zero-order valence-electron chi connectivity index (χ0n) is 13.2. The third kappa shape index (κ3) is 2.42. The maximum atomic E-state index is 12.5. The lowest BCUT2D eigenvalue weighted by atomic mass is 10.3. The monoisotopic (exact) mass is 329 g/mol. The first-order valence-corrected chi connectivity index (χ1v) is 7.37. The van der Waals surface area contributed by atoms with Crippen molar-refractivity contribution >= 4 is 0 Å². The number of hydrogen-bond acceptors (Lipinski definition) is 5. The molecule has 24 heavy (non-hydrogen) atoms. The number of nitrogens with zero attached hydrogens (tertiary/aromatic N) is 5. The molecular formula is C15H15N5O4. The van der Waals surface area contributed by atoms with E-state index in [0.29, 0.717) is 0 Å². The lowest BCUT2D eigenvalue weighted by Crippen LogP contribution is -2.43. The molecule has 0 saturated heterocycles. The van der Waals surface area contributed by atoms with Crippen LogP contribution in [0.2, 0.25) is 0 Å². The predicted molar refractivity (Wildman–Crippen MR) is 84.0 cm³/mol. The van der Waals surface area contributed by atoms with Gasteiger partial charge in [-0.2, -0.15) is 5.26 Å². The Morgan fingerprint density at radius 1 is 1.12 bits per heavy atom. The van der Waals surface area contributed by atoms with E-state index in [1.54, 1.807) is 6.07 Å². The fraction of sp³-hybridized carbons (Fsp3) is 0.400. The van der Waals surface area contributed by atoms with Crippen LogP contribution in [-0.2, 0) is 20.6 Å². The molecule has 2 aromatic rings. The number of hydrogen-bond donors (Lipinski definition) is 0. The van der Waals surface area contributed by atoms with Crippen LogP contribution in [0, 0.1) is 11.3 Å². The van der Waals surface area contributed by atoms with Gasteiger partial charge in [0.05, 0.1) is 6.54 Å². The van der Waals surface area contributed by atoms with Crippen LogP contribution in [0.3, 0.4) is 0 Å². The van der Waals surface area contributed by atoms with Gasteiger partial charge in [-0.3, -0.25) is 27.9 Å². The average molecular weight is 329 g/mol. The zero-order chi connectivity index (χ0) is 17.6. The van der Waals surface area contributed by atoms with Crippen molar-refractivity contribution in [2.24, 2.45) is 14.1 Å². The molecule has 124 valence electrons. The van der Waals surface area contributed by atoms with Crippen molar-refractivity contribution in [3.05, 3.63) is 65.2 Å². The van der Waals surface area contributed by atoms with Gasteiger partial charge in [0.2, 0.25) is 0 Å². The van der Waals surface area contributed by atoms with Crippen LogP contribution < -0.4 is 22.5 Å². The van der Waals surface area contributed by atoms with Crippen LogP contribution in [-0.4, -0.2) is 18.3 Å². The Morgan fingerprint density at radius 3 is 2.38 bits per heavy atom. The van der Waals surface area contributed by atoms with Crippen LogP contribution in [0.15, 0.2) is 31.4 Å². The van der Waals surface area contributed by atoms with E-state index in [1.165, 1.54) is 35.5 Å². The maximum absolute atomic E-state index is 12.5. The molecule has 1 aliphatic rings. The molecule has 1 fully saturated rings. The summed E-state index contributed by atoms with van der Waals surface area (Å²) >= 11 is 0. The third-order valence-corrected chi connectivity index (χ3v) is 4.20. The molecule has 0 bridgehead atoms. The molecule has 0 amide bonds. The summed E-state index contributed by atoms with van der Waals surface area (Å²) in [6.07, 6.45) is 2.91. The Bertz CT molecular complexity index is 1110. The predicted octanol–water partition coefficient (Wildman–Crippen LogP) is -1.34. The van der Waals surface area contributed by atoms with Gasteiger partial charge in [-0.1, -0.05) is 0 Å². The largest absolute Gasteiger partial charge is 0.331 e. The highest BCUT2D eigenvalue weighted by atomic mass is 16.2. The van der Waals surface area contributed by atoms with Crippen LogP contribution in [0.1, 0.15) is 30.1 Å². The molecule has 0 aromatic carbocycles. The van der Waals surface area contributed by atoms with Gasteiger partial charge in [-0.15, -0.1) is 0 Å². The molecule has 2 aromatic heterocycles. The molecule has 9 heteroatoms. The highest BCUT2D eigenvalue weighted by Gasteiger charge is 2.27. The van der Waals surface area contributed by atoms with E-state index in [9.17, 15) is 19.2 Å². The Kier molecular flexibility index (Phi) is 3.60. The maximum Gasteiger partial charge on any atom is 0.331 e. The van der Waals surface area contributed by atoms with E-state index < -0.39 is 22.5 Å². The van der Waals surface area contributed by atoms with Crippen molar-refractivity contribution in [2.45, 2.75) is 25.4 Å². The van der Waals surface area contributed by atoms with Gasteiger partial charge in [0.25, 0.3) is 11.1 Å². The lowest BCUT2D eigenvalue weighted by molar-refractivity contribution is 0.559. The summed E-state index contributed by atoms with van der Waals surface area (Å²) in [6.45, 7) is -0.248. The lowest BCUT2D eigenvalue weighted by Gasteiger charge is -2.13. The van der Waals surface area contributed by atoms with Crippen molar-refractivity contribution in [2.75, 3.05) is 0 Å². The molecule has 2 heterocycles. The molecular weight excluding hydrogens is 314 g/mol. The molecule has 0 atom stereocenters. The van der Waals surface area contributed by atoms with Crippen LogP contribution in [0.5, 0.6) is 0 Å². The second-order valence-corrected chi connectivity index (χ2v) is 5.84. The van der Waals surface area contributed by atoms with Gasteiger partial charge in [0, 0.05) is 38.1 Å². The van der Waals surface area contributed by atoms with Gasteiger partial charge < -0.3 is 0 Å². The van der Waals surface area contributed by atoms with Gasteiger partial charge in [0.1, 0.15) is 11.6 Å². The minimum absolute atomic E-state index is 0.0103. The van der Waals surface area contributed by atoms with E-state index in [2.05, 4.69) is 0 Å². The third-order valence-electron chi connectivity index (χ3n) is 4.20. The fourth-order valence-corrected chi connectivity index (χ4v) is 2.54. The topological polar surface area (TPSA) is 112 Å². The van der Waals surface area contributed by atoms with Crippen LogP contribution >= 0.6 is 0 Å². The van der Waals surface area contributed by atoms with Gasteiger partial charge >= 0.3 is 11.4 Å². The van der Waals surface area contributed by atoms with Crippen molar-refractivity contribution in [1.82, 2.24) is 18.3 Å². The normalized spacial score (nSPS) is 13.7. The zero-order valence-corrected chi connectivity index (χ0v) is 13.2. The van der Waals surface area contributed by atoms with Crippen molar-refractivity contribution in [1.29, 1.82) is 5.26 Å². The SMILES string of the molecule is Cn1c(Cn2c(=O)c(C#N)cn(C3CC3)c2=O)cc(=O)n(C)c1=O. The Morgan fingerprint density at radius 2 is 1.79 bits per heavy atom. The van der Waals surface area contributed by atoms with Gasteiger partial charge in [0.15, 0.2) is 0 Å². The van der Waals surface area contributed by atoms with E-state index in [-0.39, 0.29) is 23.8 Å². The smallest absolute Gasteiger partial charge is 0.299 e. The molecule has 9 nitrogen and oxygen atoms in total. The summed E-state index contributed by atoms with van der Waals surface area (Å²) in [5.41, 5.74) is -2.28. The summed E-state index contributed by atoms with van der Waals surface area (Å²) in [5.74, 6) is 0. The summed E-state index contributed by atoms with van der Waals surface area (Å²) < 4.78 is 4.40. The summed E-state index contributed by atoms with van der Waals surface area (Å²) in [7, 11) is 2.80. The first kappa shape index (κ1) is 15.7. The second kappa shape index (κ2) is 5.49. The van der Waals surface area contributed by atoms with E-state index >= 15 is 0 Å². The molecule has 1 aliphatic carbocycles. The Hall–Kier alpha value is -3.15. The minimum Gasteiger partial charge on any atom is -0.299 e. The average Bonchev–Trinajstić information content (AvgIpc) is 3.39. The Balaban J connectivity index is 2.22. The Labute approximate surface area is 135 Å². The van der Waals surface area contributed by atoms with E-state index in [0.717, 1.165) is 22.0 Å². The molecule has 3 rings (SSSR count). The summed E-state index contributed by atoms with van der Waals surface area (Å²) in [4.78, 5) is 48.7. The molecule has 0 radical (unpaired) electrons. The van der Waals surface area contributed by atoms with Crippen molar-refractivity contribution < 1.29 is 0 Å². The van der Waals surface area contributed by atoms with Crippen molar-refractivity contribution in [3.8, 4) is 6.07 Å². The molecule has 0 unspecified atom stereocenters. The highest BCUT2D eigenvalue weighted by Crippen LogP contribution is 2.33. The number of nitriles is 1. The standard InChI is InChI=1S/C15H15N5O4/c1-17-11(5-12(21)18(2)14(17)23)8-20-13(22)9(6-16)7-19(15(20)24)10-3-4-10/h5,7,10H,3-4,8H2,1-2H3. The van der Waals surface area contributed by atoms with Gasteiger partial charge in [-0.05, 0) is 12.8 Å². The number of rotatable bonds is 3. The van der Waals surface area contributed by atoms with E-state index in [4.69, 9.17) is 5.26 Å². The first-order valence-electron chi connectivity index (χ1n) is 7.37. The number of aromatic nitrogens is 4. The minimum atomic E-state index is -0.729. The molecule has 0 N–H and O–H groups in total. The second-order valence-electron chi connectivity index (χ2n) is 5.84. The van der Waals surface area contributed by atoms with Crippen molar-refractivity contribution in [3.63, 3.8) is 0 Å². The van der Waals surface area contributed by atoms with Crippen LogP contribution in [0.4, 0.5) is 0 Å². The van der Waals surface area contributed by atoms with E-state index in [1.807, 2.05) is 0 Å². The quantitative estimate of drug-likeness (QED) is 0.692. The summed E-state index contributed by atoms with van der Waals surface area (Å²) in [6, 6.07) is 2.98. The highest BCUT2D eigenvalue weighted by molar-refractivity contribution is 5.23. The molecule has 1 saturated carbocycles. The first-order chi connectivity index (χ1) is 11.3. The van der Waals surface area contributed by atoms with Gasteiger partial charge in [-0.25, -0.2) is 9.59 Å². The summed E-state index contributed by atoms with van der Waals surface area (Å²) in [5, 5.41) is 9.12. The fourth-order valence-electron chi connectivity index (χ4n) is 2.54. The van der Waals surface area contributed by atoms with Crippen LogP contribution in [0.25, 0.3) is 0 Å². The molecule has 0 spiro atoms.